The van der Waals surface area contributed by atoms with Gasteiger partial charge in [-0.15, -0.1) is 6.58 Å². The molecule has 0 atom stereocenters. The maximum atomic E-state index is 10.3. The molecule has 0 aromatic rings. The molecule has 0 fully saturated rings. The van der Waals surface area contributed by atoms with Crippen LogP contribution >= 0.6 is 0 Å². The fourth-order valence-corrected chi connectivity index (χ4v) is 2.11. The summed E-state index contributed by atoms with van der Waals surface area (Å²) >= 11 is 0. The Hall–Kier alpha value is -1.13. The third-order valence-corrected chi connectivity index (χ3v) is 3.60. The Morgan fingerprint density at radius 2 is 1.58 bits per heavy atom. The maximum Gasteiger partial charge on any atom is 0.0866 e. The van der Waals surface area contributed by atoms with Crippen molar-refractivity contribution in [3.8, 4) is 0 Å². The van der Waals surface area contributed by atoms with Gasteiger partial charge in [-0.3, -0.25) is 4.39 Å². The summed E-state index contributed by atoms with van der Waals surface area (Å²) in [6.45, 7) is 17.5. The van der Waals surface area contributed by atoms with Crippen LogP contribution in [-0.4, -0.2) is 17.6 Å². The number of unbranched alkanes of at least 4 members (excludes halogenated alkanes) is 1. The number of allylic oxidation sites excluding steroid dienone is 5. The molecule has 1 aliphatic rings. The van der Waals surface area contributed by atoms with Crippen LogP contribution in [0.5, 0.6) is 0 Å². The van der Waals surface area contributed by atoms with Crippen molar-refractivity contribution < 1.29 is 15.3 Å². The minimum Gasteiger partial charge on any atom is -0.412 e. The summed E-state index contributed by atoms with van der Waals surface area (Å²) in [6.07, 6.45) is 12.6. The van der Waals surface area contributed by atoms with Crippen LogP contribution < -0.4 is 5.73 Å². The highest BCUT2D eigenvalue weighted by Gasteiger charge is 2.08. The van der Waals surface area contributed by atoms with Gasteiger partial charge < -0.3 is 16.7 Å². The van der Waals surface area contributed by atoms with Crippen molar-refractivity contribution in [2.24, 2.45) is 5.73 Å². The standard InChI is InChI=1S/C10H18.C6H12.C4H9N.C2H5F.2H2O/c1-3-4-7-10-8-5-6-9(10)2;1-4-5-6(2)3;1-3-4(2)5;1-2-3;;/h3-8H2,1-2H3;2,4-5H2,1,3H3;3H,5H2,1-2H3;2H2,1H3;2*1H2/b;;4-3+;;;. The Bertz CT molecular complexity index is 346. The molecule has 0 heterocycles. The van der Waals surface area contributed by atoms with Gasteiger partial charge in [-0.25, -0.2) is 0 Å². The molecule has 0 radical (unpaired) electrons. The van der Waals surface area contributed by atoms with Crippen LogP contribution in [0.15, 0.2) is 35.1 Å². The van der Waals surface area contributed by atoms with Crippen LogP contribution in [0.3, 0.4) is 0 Å². The zero-order valence-corrected chi connectivity index (χ0v) is 18.6. The Kier molecular flexibility index (Phi) is 39.6. The van der Waals surface area contributed by atoms with E-state index in [0.29, 0.717) is 0 Å². The van der Waals surface area contributed by atoms with Crippen LogP contribution in [-0.2, 0) is 0 Å². The largest absolute Gasteiger partial charge is 0.412 e. The molecule has 0 saturated carbocycles. The number of rotatable bonds is 5. The first-order valence-electron chi connectivity index (χ1n) is 9.56. The predicted molar refractivity (Wildman–Crippen MR) is 118 cm³/mol. The van der Waals surface area contributed by atoms with Crippen molar-refractivity contribution in [3.63, 3.8) is 0 Å². The highest BCUT2D eigenvalue weighted by molar-refractivity contribution is 5.16. The summed E-state index contributed by atoms with van der Waals surface area (Å²) in [5.41, 5.74) is 10.8. The summed E-state index contributed by atoms with van der Waals surface area (Å²) in [5, 5.41) is 0. The van der Waals surface area contributed by atoms with Crippen LogP contribution in [0.25, 0.3) is 0 Å². The third-order valence-electron chi connectivity index (χ3n) is 3.60. The van der Waals surface area contributed by atoms with E-state index in [1.165, 1.54) is 63.9 Å². The molecule has 26 heavy (non-hydrogen) atoms. The van der Waals surface area contributed by atoms with Crippen molar-refractivity contribution in [2.75, 3.05) is 6.67 Å². The van der Waals surface area contributed by atoms with Gasteiger partial charge in [0, 0.05) is 5.70 Å². The summed E-state index contributed by atoms with van der Waals surface area (Å²) in [5.74, 6) is 0. The molecule has 1 rings (SSSR count). The van der Waals surface area contributed by atoms with Crippen molar-refractivity contribution in [1.29, 1.82) is 0 Å². The van der Waals surface area contributed by atoms with Gasteiger partial charge in [-0.05, 0) is 73.1 Å². The first kappa shape index (κ1) is 35.9. The minimum absolute atomic E-state index is 0. The quantitative estimate of drug-likeness (QED) is 0.565. The van der Waals surface area contributed by atoms with Gasteiger partial charge in [0.15, 0.2) is 0 Å². The van der Waals surface area contributed by atoms with E-state index in [1.54, 1.807) is 11.1 Å². The highest BCUT2D eigenvalue weighted by Crippen LogP contribution is 2.28. The molecule has 0 aromatic heterocycles. The number of nitrogens with two attached hydrogens (primary N) is 1. The highest BCUT2D eigenvalue weighted by atomic mass is 19.1. The molecule has 1 aliphatic carbocycles. The van der Waals surface area contributed by atoms with E-state index in [-0.39, 0.29) is 17.6 Å². The summed E-state index contributed by atoms with van der Waals surface area (Å²) in [6, 6.07) is 0. The average Bonchev–Trinajstić information content (AvgIpc) is 2.92. The molecule has 0 bridgehead atoms. The second-order valence-corrected chi connectivity index (χ2v) is 6.35. The lowest BCUT2D eigenvalue weighted by molar-refractivity contribution is 0.527. The molecule has 0 amide bonds. The van der Waals surface area contributed by atoms with Crippen molar-refractivity contribution in [2.45, 2.75) is 99.8 Å². The monoisotopic (exact) mass is 377 g/mol. The van der Waals surface area contributed by atoms with Crippen LogP contribution in [0.1, 0.15) is 99.8 Å². The Labute approximate surface area is 163 Å². The second-order valence-electron chi connectivity index (χ2n) is 6.35. The molecule has 160 valence electrons. The molecule has 4 heteroatoms. The second kappa shape index (κ2) is 28.7. The summed E-state index contributed by atoms with van der Waals surface area (Å²) < 4.78 is 10.3. The van der Waals surface area contributed by atoms with Crippen LogP contribution in [0.2, 0.25) is 0 Å². The van der Waals surface area contributed by atoms with Gasteiger partial charge in [0.1, 0.15) is 0 Å². The molecule has 0 spiro atoms. The van der Waals surface area contributed by atoms with E-state index < -0.39 is 0 Å². The molecule has 6 N–H and O–H groups in total. The molecule has 0 saturated heterocycles. The predicted octanol–water partition coefficient (Wildman–Crippen LogP) is 6.23. The van der Waals surface area contributed by atoms with Gasteiger partial charge >= 0.3 is 0 Å². The molecule has 0 aliphatic heterocycles. The van der Waals surface area contributed by atoms with Crippen molar-refractivity contribution in [1.82, 2.24) is 0 Å². The van der Waals surface area contributed by atoms with Gasteiger partial charge in [0.25, 0.3) is 0 Å². The average molecular weight is 378 g/mol. The molecule has 3 nitrogen and oxygen atoms in total. The van der Waals surface area contributed by atoms with E-state index in [9.17, 15) is 4.39 Å². The van der Waals surface area contributed by atoms with Crippen molar-refractivity contribution in [3.05, 3.63) is 35.1 Å². The molecule has 0 unspecified atom stereocenters. The number of halogens is 1. The number of alkyl halides is 1. The van der Waals surface area contributed by atoms with Gasteiger partial charge in [0.05, 0.1) is 6.67 Å². The fourth-order valence-electron chi connectivity index (χ4n) is 2.11. The van der Waals surface area contributed by atoms with E-state index >= 15 is 0 Å². The zero-order chi connectivity index (χ0) is 19.4. The SMILES string of the molecule is C/C=C(\C)N.C=C(C)CCC.CCCCC1=C(C)CCC1.CCF.O.O. The Morgan fingerprint density at radius 1 is 1.12 bits per heavy atom. The third kappa shape index (κ3) is 34.3. The van der Waals surface area contributed by atoms with Crippen LogP contribution in [0.4, 0.5) is 4.39 Å². The zero-order valence-electron chi connectivity index (χ0n) is 18.6. The van der Waals surface area contributed by atoms with Gasteiger partial charge in [-0.1, -0.05) is 49.5 Å². The normalized spacial score (nSPS) is 12.1. The van der Waals surface area contributed by atoms with Crippen molar-refractivity contribution >= 4 is 0 Å². The maximum absolute atomic E-state index is 10.3. The fraction of sp³-hybridized carbons (Fsp3) is 0.727. The molecular formula is C22H48FNO2. The van der Waals surface area contributed by atoms with Gasteiger partial charge in [-0.2, -0.15) is 0 Å². The minimum atomic E-state index is -0.250. The topological polar surface area (TPSA) is 89.0 Å². The van der Waals surface area contributed by atoms with E-state index in [1.807, 2.05) is 19.9 Å². The summed E-state index contributed by atoms with van der Waals surface area (Å²) in [4.78, 5) is 0. The molecule has 0 aromatic carbocycles. The Balaban J connectivity index is -0.0000000807. The summed E-state index contributed by atoms with van der Waals surface area (Å²) in [7, 11) is 0. The lowest BCUT2D eigenvalue weighted by Crippen LogP contribution is -1.86. The van der Waals surface area contributed by atoms with E-state index in [4.69, 9.17) is 5.73 Å². The number of hydrogen-bond acceptors (Lipinski definition) is 1. The van der Waals surface area contributed by atoms with E-state index in [2.05, 4.69) is 34.3 Å². The lowest BCUT2D eigenvalue weighted by atomic mass is 10.1. The first-order valence-corrected chi connectivity index (χ1v) is 9.56. The first-order chi connectivity index (χ1) is 11.3. The van der Waals surface area contributed by atoms with E-state index in [0.717, 1.165) is 5.70 Å². The lowest BCUT2D eigenvalue weighted by Gasteiger charge is -2.00. The van der Waals surface area contributed by atoms with Crippen LogP contribution in [0, 0.1) is 0 Å². The number of hydrogen-bond donors (Lipinski definition) is 1. The van der Waals surface area contributed by atoms with Gasteiger partial charge in [0.2, 0.25) is 0 Å². The molecular weight excluding hydrogens is 329 g/mol. The smallest absolute Gasteiger partial charge is 0.0866 e. The Morgan fingerprint density at radius 3 is 1.77 bits per heavy atom.